The van der Waals surface area contributed by atoms with Gasteiger partial charge in [0.25, 0.3) is 0 Å². The predicted molar refractivity (Wildman–Crippen MR) is 222 cm³/mol. The number of ether oxygens (including phenoxy) is 5. The summed E-state index contributed by atoms with van der Waals surface area (Å²) >= 11 is 0. The fourth-order valence-corrected chi connectivity index (χ4v) is 9.56. The number of amides is 2. The zero-order valence-corrected chi connectivity index (χ0v) is 38.5. The van der Waals surface area contributed by atoms with Gasteiger partial charge in [-0.2, -0.15) is 17.8 Å². The lowest BCUT2D eigenvalue weighted by atomic mass is 10.1. The maximum atomic E-state index is 15.6. The molecule has 0 saturated heterocycles. The highest BCUT2D eigenvalue weighted by Crippen LogP contribution is 2.35. The van der Waals surface area contributed by atoms with Gasteiger partial charge in [0.1, 0.15) is 35.0 Å². The van der Waals surface area contributed by atoms with Crippen molar-refractivity contribution in [2.75, 3.05) is 30.3 Å². The molecule has 60 heavy (non-hydrogen) atoms. The summed E-state index contributed by atoms with van der Waals surface area (Å²) in [5.41, 5.74) is -3.25. The van der Waals surface area contributed by atoms with Crippen LogP contribution in [-0.4, -0.2) is 99.1 Å². The summed E-state index contributed by atoms with van der Waals surface area (Å²) in [7, 11) is -6.96. The minimum atomic E-state index is -4.42. The molecule has 2 amide bonds. The summed E-state index contributed by atoms with van der Waals surface area (Å²) in [6.45, 7) is 16.9. The van der Waals surface area contributed by atoms with Crippen LogP contribution in [-0.2, 0) is 28.7 Å². The SMILES string of the molecule is CC[Si](CC)(CC)O[C@@H](CN(CCOc1ccc2c(OC(F)F)nn(C(=O)OC(C)(C)C)c2c1)C(=O)OC(C)(C)C)c1ccc(F)c(N(C(=O)OC(C)(C)C)S(C)(=O)=O)c1. The van der Waals surface area contributed by atoms with Gasteiger partial charge in [0.05, 0.1) is 42.0 Å². The molecule has 3 rings (SSSR count). The maximum Gasteiger partial charge on any atom is 0.435 e. The first-order valence-corrected chi connectivity index (χ1v) is 23.9. The van der Waals surface area contributed by atoms with Gasteiger partial charge < -0.3 is 33.0 Å². The van der Waals surface area contributed by atoms with Crippen molar-refractivity contribution in [3.05, 3.63) is 47.8 Å². The Morgan fingerprint density at radius 3 is 1.92 bits per heavy atom. The lowest BCUT2D eigenvalue weighted by Crippen LogP contribution is -2.45. The quantitative estimate of drug-likeness (QED) is 0.0989. The number of carbonyl (C=O) groups excluding carboxylic acids is 3. The Morgan fingerprint density at radius 1 is 0.833 bits per heavy atom. The van der Waals surface area contributed by atoms with E-state index in [4.69, 9.17) is 23.4 Å². The van der Waals surface area contributed by atoms with Crippen LogP contribution in [0.5, 0.6) is 11.6 Å². The van der Waals surface area contributed by atoms with E-state index in [0.717, 1.165) is 17.0 Å². The number of nitrogens with zero attached hydrogens (tertiary/aromatic N) is 4. The van der Waals surface area contributed by atoms with E-state index < -0.39 is 83.5 Å². The highest BCUT2D eigenvalue weighted by molar-refractivity contribution is 7.92. The van der Waals surface area contributed by atoms with E-state index in [1.165, 1.54) is 35.2 Å². The second-order valence-electron chi connectivity index (χ2n) is 17.1. The third-order valence-corrected chi connectivity index (χ3v) is 14.5. The van der Waals surface area contributed by atoms with Crippen molar-refractivity contribution >= 4 is 53.2 Å². The summed E-state index contributed by atoms with van der Waals surface area (Å²) in [4.78, 5) is 41.5. The molecular weight excluding hydrogens is 830 g/mol. The van der Waals surface area contributed by atoms with Gasteiger partial charge in [-0.05, 0) is 110 Å². The molecule has 0 N–H and O–H groups in total. The molecule has 3 aromatic rings. The topological polar surface area (TPSA) is 165 Å². The van der Waals surface area contributed by atoms with Crippen molar-refractivity contribution in [1.82, 2.24) is 14.7 Å². The van der Waals surface area contributed by atoms with Gasteiger partial charge in [0.2, 0.25) is 15.9 Å². The Labute approximate surface area is 351 Å². The van der Waals surface area contributed by atoms with Crippen LogP contribution in [0, 0.1) is 5.82 Å². The molecule has 0 aliphatic heterocycles. The Kier molecular flexibility index (Phi) is 16.1. The summed E-state index contributed by atoms with van der Waals surface area (Å²) in [5, 5.41) is 3.99. The van der Waals surface area contributed by atoms with Gasteiger partial charge in [-0.1, -0.05) is 26.8 Å². The third kappa shape index (κ3) is 14.0. The number of fused-ring (bicyclic) bond motifs is 1. The Hall–Kier alpha value is -4.56. The molecule has 0 aliphatic carbocycles. The second-order valence-corrected chi connectivity index (χ2v) is 23.7. The number of halogens is 3. The monoisotopic (exact) mass is 888 g/mol. The van der Waals surface area contributed by atoms with Crippen molar-refractivity contribution in [1.29, 1.82) is 0 Å². The zero-order valence-electron chi connectivity index (χ0n) is 36.7. The molecule has 2 aromatic carbocycles. The summed E-state index contributed by atoms with van der Waals surface area (Å²) in [6, 6.07) is 9.89. The van der Waals surface area contributed by atoms with Gasteiger partial charge in [0, 0.05) is 6.07 Å². The number of alkyl halides is 2. The van der Waals surface area contributed by atoms with E-state index in [-0.39, 0.29) is 46.2 Å². The van der Waals surface area contributed by atoms with Gasteiger partial charge in [-0.3, -0.25) is 0 Å². The van der Waals surface area contributed by atoms with Gasteiger partial charge in [-0.15, -0.1) is 5.10 Å². The van der Waals surface area contributed by atoms with Crippen molar-refractivity contribution in [3.8, 4) is 11.6 Å². The summed E-state index contributed by atoms with van der Waals surface area (Å²) in [6.07, 6.45) is -3.23. The molecule has 0 spiro atoms. The van der Waals surface area contributed by atoms with Crippen LogP contribution in [0.2, 0.25) is 18.1 Å². The molecule has 0 unspecified atom stereocenters. The van der Waals surface area contributed by atoms with Crippen LogP contribution in [0.15, 0.2) is 36.4 Å². The molecule has 1 heterocycles. The van der Waals surface area contributed by atoms with Crippen molar-refractivity contribution in [2.24, 2.45) is 0 Å². The average molecular weight is 889 g/mol. The largest absolute Gasteiger partial charge is 0.492 e. The van der Waals surface area contributed by atoms with E-state index in [1.807, 2.05) is 20.8 Å². The first-order valence-electron chi connectivity index (χ1n) is 19.5. The number of benzene rings is 2. The molecule has 0 saturated carbocycles. The minimum absolute atomic E-state index is 0.0523. The predicted octanol–water partition coefficient (Wildman–Crippen LogP) is 9.64. The standard InChI is InChI=1S/C40H59F3N4O11SSi/c1-14-60(15-2,16-3)58-32(26-17-20-29(41)31(23-26)47(59(13,51)52)37(50)57-40(10,11)12)25-45(35(48)55-38(4,5)6)21-22-53-27-18-19-28-30(24-27)46(36(49)56-39(7,8)9)44-33(28)54-34(42)43/h17-20,23-24,32,34H,14-16,21-22,25H2,1-13H3/t32-/m0/s1. The molecule has 20 heteroatoms. The maximum absolute atomic E-state index is 15.6. The number of sulfonamides is 1. The van der Waals surface area contributed by atoms with Gasteiger partial charge in [0.15, 0.2) is 8.32 Å². The molecule has 1 atom stereocenters. The number of anilines is 1. The van der Waals surface area contributed by atoms with Crippen molar-refractivity contribution in [2.45, 2.75) is 131 Å². The van der Waals surface area contributed by atoms with Crippen LogP contribution in [0.3, 0.4) is 0 Å². The van der Waals surface area contributed by atoms with Crippen LogP contribution >= 0.6 is 0 Å². The average Bonchev–Trinajstić information content (AvgIpc) is 3.44. The molecule has 15 nitrogen and oxygen atoms in total. The molecule has 0 radical (unpaired) electrons. The van der Waals surface area contributed by atoms with E-state index in [2.05, 4.69) is 9.84 Å². The minimum Gasteiger partial charge on any atom is -0.492 e. The lowest BCUT2D eigenvalue weighted by Gasteiger charge is -2.37. The molecule has 0 bridgehead atoms. The Balaban J connectivity index is 2.10. The number of rotatable bonds is 16. The molecular formula is C40H59F3N4O11SSi. The fraction of sp³-hybridized carbons (Fsp3) is 0.600. The van der Waals surface area contributed by atoms with E-state index in [0.29, 0.717) is 18.1 Å². The second kappa shape index (κ2) is 19.4. The number of hydrogen-bond donors (Lipinski definition) is 0. The zero-order chi connectivity index (χ0) is 45.6. The molecule has 336 valence electrons. The fourth-order valence-electron chi connectivity index (χ4n) is 5.94. The first-order chi connectivity index (χ1) is 27.5. The summed E-state index contributed by atoms with van der Waals surface area (Å²) < 4.78 is 103. The lowest BCUT2D eigenvalue weighted by molar-refractivity contribution is -0.0523. The number of aromatic nitrogens is 2. The van der Waals surface area contributed by atoms with E-state index in [1.54, 1.807) is 62.3 Å². The van der Waals surface area contributed by atoms with Crippen molar-refractivity contribution in [3.63, 3.8) is 0 Å². The number of hydrogen-bond acceptors (Lipinski definition) is 12. The van der Waals surface area contributed by atoms with E-state index >= 15 is 4.39 Å². The molecule has 1 aromatic heterocycles. The summed E-state index contributed by atoms with van der Waals surface area (Å²) in [5.74, 6) is -1.34. The van der Waals surface area contributed by atoms with E-state index in [9.17, 15) is 31.6 Å². The Bertz CT molecular complexity index is 2090. The molecule has 0 aliphatic rings. The highest BCUT2D eigenvalue weighted by Gasteiger charge is 2.37. The first kappa shape index (κ1) is 49.8. The van der Waals surface area contributed by atoms with Crippen LogP contribution in [0.1, 0.15) is 94.8 Å². The van der Waals surface area contributed by atoms with Gasteiger partial charge in [-0.25, -0.2) is 27.2 Å². The van der Waals surface area contributed by atoms with Crippen LogP contribution < -0.4 is 13.8 Å². The normalized spacial score (nSPS) is 13.2. The van der Waals surface area contributed by atoms with Crippen LogP contribution in [0.4, 0.5) is 33.2 Å². The third-order valence-electron chi connectivity index (χ3n) is 8.83. The Morgan fingerprint density at radius 2 is 1.40 bits per heavy atom. The smallest absolute Gasteiger partial charge is 0.435 e. The molecule has 0 fully saturated rings. The van der Waals surface area contributed by atoms with Crippen LogP contribution in [0.25, 0.3) is 10.9 Å². The van der Waals surface area contributed by atoms with Crippen molar-refractivity contribution < 1.29 is 64.1 Å². The highest BCUT2D eigenvalue weighted by atomic mass is 32.2. The van der Waals surface area contributed by atoms with Gasteiger partial charge >= 0.3 is 24.9 Å². The number of carbonyl (C=O) groups is 3.